The van der Waals surface area contributed by atoms with E-state index in [4.69, 9.17) is 16.1 Å². The molecule has 1 saturated heterocycles. The largest absolute Gasteiger partial charge is 0.384 e. The molecule has 0 saturated carbocycles. The molecule has 0 aliphatic carbocycles. The molecule has 1 fully saturated rings. The third-order valence-corrected chi connectivity index (χ3v) is 4.36. The van der Waals surface area contributed by atoms with Crippen molar-refractivity contribution in [2.75, 3.05) is 11.4 Å². The Morgan fingerprint density at radius 3 is 2.95 bits per heavy atom. The lowest BCUT2D eigenvalue weighted by atomic mass is 9.99. The van der Waals surface area contributed by atoms with Crippen molar-refractivity contribution in [3.8, 4) is 0 Å². The molecule has 110 valence electrons. The van der Waals surface area contributed by atoms with Gasteiger partial charge in [0.15, 0.2) is 0 Å². The van der Waals surface area contributed by atoms with E-state index < -0.39 is 0 Å². The molecule has 4 nitrogen and oxygen atoms in total. The third kappa shape index (κ3) is 2.58. The van der Waals surface area contributed by atoms with Crippen LogP contribution in [0.4, 0.5) is 5.82 Å². The summed E-state index contributed by atoms with van der Waals surface area (Å²) in [6, 6.07) is 10.5. The summed E-state index contributed by atoms with van der Waals surface area (Å²) < 4.78 is 0. The number of benzene rings is 1. The molecule has 0 amide bonds. The number of fused-ring (bicyclic) bond motifs is 1. The van der Waals surface area contributed by atoms with Crippen molar-refractivity contribution in [2.45, 2.75) is 38.6 Å². The number of nitrogens with zero attached hydrogens (tertiary/aromatic N) is 2. The van der Waals surface area contributed by atoms with Gasteiger partial charge in [-0.05, 0) is 37.8 Å². The normalized spacial score (nSPS) is 18.9. The first kappa shape index (κ1) is 13.9. The molecule has 0 spiro atoms. The van der Waals surface area contributed by atoms with Crippen LogP contribution in [0.25, 0.3) is 10.9 Å². The second-order valence-electron chi connectivity index (χ2n) is 5.72. The van der Waals surface area contributed by atoms with Gasteiger partial charge in [0.25, 0.3) is 0 Å². The van der Waals surface area contributed by atoms with Crippen molar-refractivity contribution >= 4 is 22.6 Å². The molecule has 4 heteroatoms. The number of amidine groups is 1. The summed E-state index contributed by atoms with van der Waals surface area (Å²) in [6.07, 6.45) is 4.76. The first-order valence-corrected chi connectivity index (χ1v) is 7.71. The van der Waals surface area contributed by atoms with E-state index in [0.29, 0.717) is 6.04 Å². The van der Waals surface area contributed by atoms with Gasteiger partial charge >= 0.3 is 0 Å². The molecule has 2 aromatic rings. The van der Waals surface area contributed by atoms with Crippen LogP contribution < -0.4 is 10.6 Å². The number of pyridine rings is 1. The van der Waals surface area contributed by atoms with Gasteiger partial charge in [0.05, 0.1) is 11.1 Å². The molecule has 1 aliphatic rings. The standard InChI is InChI=1S/C17H22N4/c1-2-13-8-5-6-10-21(13)17-14(16(18)19)11-12-7-3-4-9-15(12)20-17/h3-4,7,9,11,13H,2,5-6,8,10H2,1H3,(H3,18,19). The fourth-order valence-electron chi connectivity index (χ4n) is 3.23. The molecule has 1 aromatic heterocycles. The van der Waals surface area contributed by atoms with Gasteiger partial charge in [-0.2, -0.15) is 0 Å². The maximum atomic E-state index is 7.90. The highest BCUT2D eigenvalue weighted by Crippen LogP contribution is 2.30. The lowest BCUT2D eigenvalue weighted by Crippen LogP contribution is -2.40. The zero-order valence-corrected chi connectivity index (χ0v) is 12.5. The van der Waals surface area contributed by atoms with Gasteiger partial charge in [0, 0.05) is 18.0 Å². The lowest BCUT2D eigenvalue weighted by Gasteiger charge is -2.37. The highest BCUT2D eigenvalue weighted by molar-refractivity contribution is 6.03. The van der Waals surface area contributed by atoms with Gasteiger partial charge in [0.1, 0.15) is 11.7 Å². The van der Waals surface area contributed by atoms with Crippen molar-refractivity contribution in [1.82, 2.24) is 4.98 Å². The van der Waals surface area contributed by atoms with E-state index in [1.165, 1.54) is 19.3 Å². The molecule has 0 bridgehead atoms. The summed E-state index contributed by atoms with van der Waals surface area (Å²) in [4.78, 5) is 7.18. The molecule has 1 unspecified atom stereocenters. The molecule has 1 aromatic carbocycles. The summed E-state index contributed by atoms with van der Waals surface area (Å²) in [7, 11) is 0. The van der Waals surface area contributed by atoms with E-state index in [2.05, 4.69) is 11.8 Å². The fraction of sp³-hybridized carbons (Fsp3) is 0.412. The maximum absolute atomic E-state index is 7.90. The number of aromatic nitrogens is 1. The van der Waals surface area contributed by atoms with E-state index in [9.17, 15) is 0 Å². The SMILES string of the molecule is CCC1CCCCN1c1nc2ccccc2cc1C(=N)N. The van der Waals surface area contributed by atoms with Crippen LogP contribution in [0.3, 0.4) is 0 Å². The van der Waals surface area contributed by atoms with Gasteiger partial charge in [-0.25, -0.2) is 4.98 Å². The number of nitrogen functional groups attached to an aromatic ring is 1. The van der Waals surface area contributed by atoms with Crippen molar-refractivity contribution < 1.29 is 0 Å². The Hall–Kier alpha value is -2.10. The monoisotopic (exact) mass is 282 g/mol. The van der Waals surface area contributed by atoms with Gasteiger partial charge in [-0.3, -0.25) is 5.41 Å². The minimum atomic E-state index is 0.101. The van der Waals surface area contributed by atoms with Crippen LogP contribution in [0.2, 0.25) is 0 Å². The maximum Gasteiger partial charge on any atom is 0.140 e. The Bertz CT molecular complexity index is 665. The van der Waals surface area contributed by atoms with Crippen molar-refractivity contribution in [2.24, 2.45) is 5.73 Å². The van der Waals surface area contributed by atoms with Gasteiger partial charge in [-0.1, -0.05) is 25.1 Å². The lowest BCUT2D eigenvalue weighted by molar-refractivity contribution is 0.447. The first-order valence-electron chi connectivity index (χ1n) is 7.71. The Labute approximate surface area is 125 Å². The summed E-state index contributed by atoms with van der Waals surface area (Å²) >= 11 is 0. The van der Waals surface area contributed by atoms with Crippen LogP contribution in [0.1, 0.15) is 38.2 Å². The van der Waals surface area contributed by atoms with Crippen LogP contribution in [-0.4, -0.2) is 23.4 Å². The number of para-hydroxylation sites is 1. The van der Waals surface area contributed by atoms with Crippen LogP contribution >= 0.6 is 0 Å². The van der Waals surface area contributed by atoms with E-state index >= 15 is 0 Å². The summed E-state index contributed by atoms with van der Waals surface area (Å²) in [5, 5.41) is 8.94. The molecular formula is C17H22N4. The summed E-state index contributed by atoms with van der Waals surface area (Å²) in [5.74, 6) is 0.983. The predicted octanol–water partition coefficient (Wildman–Crippen LogP) is 3.29. The Kier molecular flexibility index (Phi) is 3.78. The van der Waals surface area contributed by atoms with Crippen molar-refractivity contribution in [3.63, 3.8) is 0 Å². The van der Waals surface area contributed by atoms with Gasteiger partial charge in [0.2, 0.25) is 0 Å². The molecule has 21 heavy (non-hydrogen) atoms. The number of hydrogen-bond donors (Lipinski definition) is 2. The van der Waals surface area contributed by atoms with E-state index in [1.807, 2.05) is 30.3 Å². The Balaban J connectivity index is 2.14. The Morgan fingerprint density at radius 2 is 2.19 bits per heavy atom. The second-order valence-corrected chi connectivity index (χ2v) is 5.72. The van der Waals surface area contributed by atoms with Gasteiger partial charge < -0.3 is 10.6 Å². The number of nitrogens with two attached hydrogens (primary N) is 1. The number of piperidine rings is 1. The quantitative estimate of drug-likeness (QED) is 0.670. The van der Waals surface area contributed by atoms with E-state index in [0.717, 1.165) is 35.2 Å². The van der Waals surface area contributed by atoms with Crippen LogP contribution in [-0.2, 0) is 0 Å². The van der Waals surface area contributed by atoms with E-state index in [-0.39, 0.29) is 5.84 Å². The molecule has 0 radical (unpaired) electrons. The van der Waals surface area contributed by atoms with Crippen molar-refractivity contribution in [3.05, 3.63) is 35.9 Å². The van der Waals surface area contributed by atoms with Gasteiger partial charge in [-0.15, -0.1) is 0 Å². The molecule has 1 atom stereocenters. The zero-order valence-electron chi connectivity index (χ0n) is 12.5. The van der Waals surface area contributed by atoms with Crippen LogP contribution in [0, 0.1) is 5.41 Å². The Morgan fingerprint density at radius 1 is 1.38 bits per heavy atom. The number of nitrogens with one attached hydrogen (secondary N) is 1. The smallest absolute Gasteiger partial charge is 0.140 e. The number of rotatable bonds is 3. The molecule has 2 heterocycles. The highest BCUT2D eigenvalue weighted by atomic mass is 15.2. The minimum absolute atomic E-state index is 0.101. The second kappa shape index (κ2) is 5.72. The third-order valence-electron chi connectivity index (χ3n) is 4.36. The number of hydrogen-bond acceptors (Lipinski definition) is 3. The zero-order chi connectivity index (χ0) is 14.8. The number of anilines is 1. The molecule has 3 N–H and O–H groups in total. The molecule has 1 aliphatic heterocycles. The van der Waals surface area contributed by atoms with Crippen LogP contribution in [0.5, 0.6) is 0 Å². The predicted molar refractivity (Wildman–Crippen MR) is 88.0 cm³/mol. The summed E-state index contributed by atoms with van der Waals surface area (Å²) in [6.45, 7) is 3.22. The molecule has 3 rings (SSSR count). The average Bonchev–Trinajstić information content (AvgIpc) is 2.53. The summed E-state index contributed by atoms with van der Waals surface area (Å²) in [5.41, 5.74) is 7.54. The van der Waals surface area contributed by atoms with Crippen molar-refractivity contribution in [1.29, 1.82) is 5.41 Å². The first-order chi connectivity index (χ1) is 10.2. The average molecular weight is 282 g/mol. The van der Waals surface area contributed by atoms with Crippen LogP contribution in [0.15, 0.2) is 30.3 Å². The van der Waals surface area contributed by atoms with E-state index in [1.54, 1.807) is 0 Å². The highest BCUT2D eigenvalue weighted by Gasteiger charge is 2.25. The minimum Gasteiger partial charge on any atom is -0.384 e. The fourth-order valence-corrected chi connectivity index (χ4v) is 3.23. The molecular weight excluding hydrogens is 260 g/mol. The topological polar surface area (TPSA) is 66.0 Å².